The first-order chi connectivity index (χ1) is 12.2. The van der Waals surface area contributed by atoms with Crippen LogP contribution < -0.4 is 9.64 Å². The molecule has 25 heavy (non-hydrogen) atoms. The highest BCUT2D eigenvalue weighted by Gasteiger charge is 2.21. The molecule has 0 aliphatic carbocycles. The van der Waals surface area contributed by atoms with E-state index in [2.05, 4.69) is 28.0 Å². The van der Waals surface area contributed by atoms with E-state index >= 15 is 0 Å². The molecule has 1 aliphatic rings. The third-order valence-corrected chi connectivity index (χ3v) is 5.66. The number of hydrogen-bond acceptors (Lipinski definition) is 5. The van der Waals surface area contributed by atoms with E-state index in [4.69, 9.17) is 9.72 Å². The highest BCUT2D eigenvalue weighted by Crippen LogP contribution is 2.29. The van der Waals surface area contributed by atoms with Crippen LogP contribution >= 0.6 is 11.3 Å². The van der Waals surface area contributed by atoms with Crippen molar-refractivity contribution in [3.63, 3.8) is 0 Å². The third-order valence-electron chi connectivity index (χ3n) is 4.56. The molecule has 0 radical (unpaired) electrons. The molecule has 1 saturated heterocycles. The summed E-state index contributed by atoms with van der Waals surface area (Å²) in [6.07, 6.45) is 0. The number of piperazine rings is 1. The average molecular weight is 357 g/mol. The van der Waals surface area contributed by atoms with Gasteiger partial charge in [0, 0.05) is 38.3 Å². The Hall–Kier alpha value is -2.18. The summed E-state index contributed by atoms with van der Waals surface area (Å²) in [5.41, 5.74) is 1.96. The van der Waals surface area contributed by atoms with E-state index in [-0.39, 0.29) is 5.82 Å². The Morgan fingerprint density at radius 1 is 1.12 bits per heavy atom. The van der Waals surface area contributed by atoms with Gasteiger partial charge < -0.3 is 9.64 Å². The number of fused-ring (bicyclic) bond motifs is 1. The maximum absolute atomic E-state index is 13.5. The van der Waals surface area contributed by atoms with Crippen LogP contribution in [0, 0.1) is 5.82 Å². The number of thiazole rings is 1. The molecule has 1 aromatic heterocycles. The molecule has 6 heteroatoms. The number of hydrogen-bond donors (Lipinski definition) is 0. The zero-order valence-corrected chi connectivity index (χ0v) is 14.9. The molecule has 2 aromatic carbocycles. The molecule has 0 saturated carbocycles. The summed E-state index contributed by atoms with van der Waals surface area (Å²) in [5.74, 6) is 0.527. The lowest BCUT2D eigenvalue weighted by Gasteiger charge is -2.34. The molecule has 2 heterocycles. The van der Waals surface area contributed by atoms with E-state index < -0.39 is 0 Å². The van der Waals surface area contributed by atoms with Gasteiger partial charge in [-0.3, -0.25) is 4.90 Å². The summed E-state index contributed by atoms with van der Waals surface area (Å²) < 4.78 is 20.1. The topological polar surface area (TPSA) is 28.6 Å². The Bertz CT molecular complexity index is 841. The second-order valence-electron chi connectivity index (χ2n) is 6.18. The molecule has 0 unspecified atom stereocenters. The first-order valence-corrected chi connectivity index (χ1v) is 9.20. The van der Waals surface area contributed by atoms with Gasteiger partial charge in [0.25, 0.3) is 0 Å². The lowest BCUT2D eigenvalue weighted by molar-refractivity contribution is 0.245. The second-order valence-corrected chi connectivity index (χ2v) is 7.19. The molecule has 0 atom stereocenters. The number of methoxy groups -OCH3 is 1. The number of benzene rings is 2. The monoisotopic (exact) mass is 357 g/mol. The lowest BCUT2D eigenvalue weighted by atomic mass is 10.1. The standard InChI is InChI=1S/C19H20FN3OS/c1-24-17-7-6-15(20)12-14(17)13-22-8-10-23(11-9-22)19-21-16-4-2-3-5-18(16)25-19/h2-7,12H,8-11,13H2,1H3. The van der Waals surface area contributed by atoms with Crippen molar-refractivity contribution in [1.82, 2.24) is 9.88 Å². The van der Waals surface area contributed by atoms with Crippen molar-refractivity contribution in [3.8, 4) is 5.75 Å². The molecule has 130 valence electrons. The zero-order valence-electron chi connectivity index (χ0n) is 14.1. The minimum atomic E-state index is -0.219. The summed E-state index contributed by atoms with van der Waals surface area (Å²) in [6.45, 7) is 4.41. The summed E-state index contributed by atoms with van der Waals surface area (Å²) >= 11 is 1.74. The Morgan fingerprint density at radius 3 is 2.68 bits per heavy atom. The van der Waals surface area contributed by atoms with Crippen molar-refractivity contribution in [2.45, 2.75) is 6.54 Å². The first kappa shape index (κ1) is 16.3. The lowest BCUT2D eigenvalue weighted by Crippen LogP contribution is -2.46. The Balaban J connectivity index is 1.42. The van der Waals surface area contributed by atoms with Gasteiger partial charge in [0.15, 0.2) is 5.13 Å². The Morgan fingerprint density at radius 2 is 1.92 bits per heavy atom. The molecule has 0 N–H and O–H groups in total. The summed E-state index contributed by atoms with van der Waals surface area (Å²) in [7, 11) is 1.63. The van der Waals surface area contributed by atoms with Crippen LogP contribution in [0.25, 0.3) is 10.2 Å². The molecule has 3 aromatic rings. The highest BCUT2D eigenvalue weighted by atomic mass is 32.1. The van der Waals surface area contributed by atoms with Gasteiger partial charge in [-0.15, -0.1) is 0 Å². The molecule has 0 spiro atoms. The third kappa shape index (κ3) is 3.45. The molecule has 1 fully saturated rings. The predicted octanol–water partition coefficient (Wildman–Crippen LogP) is 3.77. The van der Waals surface area contributed by atoms with Crippen LogP contribution in [0.15, 0.2) is 42.5 Å². The van der Waals surface area contributed by atoms with Gasteiger partial charge in [0.05, 0.1) is 17.3 Å². The van der Waals surface area contributed by atoms with Crippen LogP contribution in [-0.2, 0) is 6.54 Å². The highest BCUT2D eigenvalue weighted by molar-refractivity contribution is 7.22. The van der Waals surface area contributed by atoms with Gasteiger partial charge in [-0.05, 0) is 30.3 Å². The van der Waals surface area contributed by atoms with Gasteiger partial charge in [-0.1, -0.05) is 23.5 Å². The number of anilines is 1. The number of rotatable bonds is 4. The van der Waals surface area contributed by atoms with Crippen molar-refractivity contribution in [2.24, 2.45) is 0 Å². The molecule has 0 bridgehead atoms. The zero-order chi connectivity index (χ0) is 17.2. The maximum atomic E-state index is 13.5. The summed E-state index contributed by atoms with van der Waals surface area (Å²) in [5, 5.41) is 1.09. The fourth-order valence-electron chi connectivity index (χ4n) is 3.20. The van der Waals surface area contributed by atoms with E-state index in [9.17, 15) is 4.39 Å². The van der Waals surface area contributed by atoms with E-state index in [1.807, 2.05) is 6.07 Å². The van der Waals surface area contributed by atoms with Gasteiger partial charge in [-0.2, -0.15) is 0 Å². The smallest absolute Gasteiger partial charge is 0.186 e. The van der Waals surface area contributed by atoms with Gasteiger partial charge in [0.2, 0.25) is 0 Å². The Kier molecular flexibility index (Phi) is 4.55. The fourth-order valence-corrected chi connectivity index (χ4v) is 4.22. The van der Waals surface area contributed by atoms with Crippen LogP contribution in [0.5, 0.6) is 5.75 Å². The minimum absolute atomic E-state index is 0.219. The van der Waals surface area contributed by atoms with Crippen LogP contribution in [0.3, 0.4) is 0 Å². The quantitative estimate of drug-likeness (QED) is 0.711. The SMILES string of the molecule is COc1ccc(F)cc1CN1CCN(c2nc3ccccc3s2)CC1. The molecular formula is C19H20FN3OS. The van der Waals surface area contributed by atoms with E-state index in [0.29, 0.717) is 6.54 Å². The number of ether oxygens (including phenoxy) is 1. The van der Waals surface area contributed by atoms with Gasteiger partial charge in [0.1, 0.15) is 11.6 Å². The average Bonchev–Trinajstić information content (AvgIpc) is 3.07. The van der Waals surface area contributed by atoms with Crippen molar-refractivity contribution in [1.29, 1.82) is 0 Å². The van der Waals surface area contributed by atoms with Gasteiger partial charge >= 0.3 is 0 Å². The second kappa shape index (κ2) is 6.98. The van der Waals surface area contributed by atoms with E-state index in [1.165, 1.54) is 10.8 Å². The van der Waals surface area contributed by atoms with Crippen LogP contribution in [0.1, 0.15) is 5.56 Å². The molecule has 4 rings (SSSR count). The summed E-state index contributed by atoms with van der Waals surface area (Å²) in [4.78, 5) is 9.41. The Labute approximate surface area is 150 Å². The largest absolute Gasteiger partial charge is 0.496 e. The molecular weight excluding hydrogens is 337 g/mol. The van der Waals surface area contributed by atoms with Crippen LogP contribution in [0.4, 0.5) is 9.52 Å². The normalized spacial score (nSPS) is 15.7. The number of para-hydroxylation sites is 1. The van der Waals surface area contributed by atoms with Crippen molar-refractivity contribution >= 4 is 26.7 Å². The number of halogens is 1. The van der Waals surface area contributed by atoms with Crippen molar-refractivity contribution in [3.05, 3.63) is 53.8 Å². The van der Waals surface area contributed by atoms with Crippen LogP contribution in [-0.4, -0.2) is 43.2 Å². The number of aromatic nitrogens is 1. The van der Waals surface area contributed by atoms with E-state index in [0.717, 1.165) is 48.1 Å². The van der Waals surface area contributed by atoms with Gasteiger partial charge in [-0.25, -0.2) is 9.37 Å². The van der Waals surface area contributed by atoms with Crippen molar-refractivity contribution < 1.29 is 9.13 Å². The van der Waals surface area contributed by atoms with Crippen LogP contribution in [0.2, 0.25) is 0 Å². The number of nitrogens with zero attached hydrogens (tertiary/aromatic N) is 3. The van der Waals surface area contributed by atoms with E-state index in [1.54, 1.807) is 30.6 Å². The summed E-state index contributed by atoms with van der Waals surface area (Å²) in [6, 6.07) is 12.9. The maximum Gasteiger partial charge on any atom is 0.186 e. The molecule has 0 amide bonds. The minimum Gasteiger partial charge on any atom is -0.496 e. The first-order valence-electron chi connectivity index (χ1n) is 8.38. The van der Waals surface area contributed by atoms with Crippen molar-refractivity contribution in [2.75, 3.05) is 38.2 Å². The molecule has 4 nitrogen and oxygen atoms in total. The fraction of sp³-hybridized carbons (Fsp3) is 0.316. The molecule has 1 aliphatic heterocycles. The predicted molar refractivity (Wildman–Crippen MR) is 100 cm³/mol.